The van der Waals surface area contributed by atoms with Crippen LogP contribution in [0.3, 0.4) is 0 Å². The Hall–Kier alpha value is -3.65. The average molecular weight is 488 g/mol. The smallest absolute Gasteiger partial charge is 0.224 e. The Morgan fingerprint density at radius 3 is 2.58 bits per heavy atom. The van der Waals surface area contributed by atoms with Crippen LogP contribution in [0.2, 0.25) is 0 Å². The fourth-order valence-corrected chi connectivity index (χ4v) is 5.43. The van der Waals surface area contributed by atoms with E-state index < -0.39 is 0 Å². The molecule has 0 unspecified atom stereocenters. The first kappa shape index (κ1) is 24.1. The van der Waals surface area contributed by atoms with Crippen LogP contribution < -0.4 is 26.8 Å². The molecule has 2 heterocycles. The number of amides is 1. The van der Waals surface area contributed by atoms with E-state index in [1.807, 2.05) is 19.0 Å². The fraction of sp³-hybridized carbons (Fsp3) is 0.393. The third-order valence-corrected chi connectivity index (χ3v) is 7.54. The van der Waals surface area contributed by atoms with Crippen molar-refractivity contribution in [2.75, 3.05) is 43.9 Å². The lowest BCUT2D eigenvalue weighted by Crippen LogP contribution is -2.43. The van der Waals surface area contributed by atoms with Crippen molar-refractivity contribution in [1.82, 2.24) is 20.3 Å². The second-order valence-corrected chi connectivity index (χ2v) is 9.97. The summed E-state index contributed by atoms with van der Waals surface area (Å²) in [6.45, 7) is 1.82. The predicted molar refractivity (Wildman–Crippen MR) is 147 cm³/mol. The number of carbonyl (C=O) groups excluding carboxylic acids is 1. The number of aryl methyl sites for hydroxylation is 1. The van der Waals surface area contributed by atoms with Gasteiger partial charge in [-0.25, -0.2) is 5.43 Å². The van der Waals surface area contributed by atoms with Gasteiger partial charge in [0.25, 0.3) is 0 Å². The minimum Gasteiger partial charge on any atom is -0.399 e. The van der Waals surface area contributed by atoms with Crippen LogP contribution in [0.15, 0.2) is 59.9 Å². The van der Waals surface area contributed by atoms with E-state index in [1.165, 1.54) is 22.0 Å². The van der Waals surface area contributed by atoms with Crippen LogP contribution in [0.25, 0.3) is 10.9 Å². The highest BCUT2D eigenvalue weighted by atomic mass is 16.2. The van der Waals surface area contributed by atoms with Crippen molar-refractivity contribution < 1.29 is 4.79 Å². The molecule has 0 radical (unpaired) electrons. The molecule has 1 amide bonds. The lowest BCUT2D eigenvalue weighted by Gasteiger charge is -2.30. The maximum absolute atomic E-state index is 12.8. The van der Waals surface area contributed by atoms with E-state index in [9.17, 15) is 4.79 Å². The van der Waals surface area contributed by atoms with Gasteiger partial charge in [-0.15, -0.1) is 0 Å². The predicted octanol–water partition coefficient (Wildman–Crippen LogP) is 2.71. The summed E-state index contributed by atoms with van der Waals surface area (Å²) in [4.78, 5) is 16.8. The highest BCUT2D eigenvalue weighted by molar-refractivity contribution is 5.88. The van der Waals surface area contributed by atoms with E-state index in [0.29, 0.717) is 32.1 Å². The lowest BCUT2D eigenvalue weighted by molar-refractivity contribution is -0.130. The van der Waals surface area contributed by atoms with Crippen LogP contribution in [-0.2, 0) is 24.7 Å². The SMILES string of the molecule is CNNC1=C(N)CN(C(=O)CCN(C)c2ccc3c(c2)cc(NC2Cc4ccccc4C2)n3C)CC1. The molecule has 1 aromatic heterocycles. The van der Waals surface area contributed by atoms with Crippen molar-refractivity contribution >= 4 is 28.3 Å². The largest absolute Gasteiger partial charge is 0.399 e. The molecular weight excluding hydrogens is 450 g/mol. The first-order valence-electron chi connectivity index (χ1n) is 12.7. The topological polar surface area (TPSA) is 90.6 Å². The van der Waals surface area contributed by atoms with E-state index >= 15 is 0 Å². The van der Waals surface area contributed by atoms with Gasteiger partial charge in [0.05, 0.1) is 6.54 Å². The summed E-state index contributed by atoms with van der Waals surface area (Å²) in [6.07, 6.45) is 3.32. The molecule has 3 aromatic rings. The number of hydrogen-bond donors (Lipinski definition) is 4. The maximum Gasteiger partial charge on any atom is 0.224 e. The summed E-state index contributed by atoms with van der Waals surface area (Å²) in [7, 11) is 5.98. The summed E-state index contributed by atoms with van der Waals surface area (Å²) >= 11 is 0. The van der Waals surface area contributed by atoms with E-state index in [1.54, 1.807) is 0 Å². The van der Waals surface area contributed by atoms with Gasteiger partial charge in [-0.05, 0) is 48.2 Å². The summed E-state index contributed by atoms with van der Waals surface area (Å²) in [5.41, 5.74) is 19.0. The molecule has 1 aliphatic heterocycles. The van der Waals surface area contributed by atoms with Crippen molar-refractivity contribution in [3.8, 4) is 0 Å². The number of hydrogen-bond acceptors (Lipinski definition) is 6. The van der Waals surface area contributed by atoms with Gasteiger partial charge in [-0.2, -0.15) is 0 Å². The minimum atomic E-state index is 0.137. The van der Waals surface area contributed by atoms with E-state index in [2.05, 4.69) is 81.2 Å². The van der Waals surface area contributed by atoms with Crippen molar-refractivity contribution in [1.29, 1.82) is 0 Å². The van der Waals surface area contributed by atoms with Gasteiger partial charge in [0.15, 0.2) is 0 Å². The van der Waals surface area contributed by atoms with E-state index in [-0.39, 0.29) is 5.91 Å². The quantitative estimate of drug-likeness (QED) is 0.366. The molecule has 0 fully saturated rings. The number of anilines is 2. The number of hydrazine groups is 1. The Labute approximate surface area is 213 Å². The lowest BCUT2D eigenvalue weighted by atomic mass is 10.1. The Kier molecular flexibility index (Phi) is 6.78. The third kappa shape index (κ3) is 4.86. The zero-order valence-electron chi connectivity index (χ0n) is 21.5. The van der Waals surface area contributed by atoms with Crippen molar-refractivity contribution in [2.45, 2.75) is 31.7 Å². The van der Waals surface area contributed by atoms with Gasteiger partial charge >= 0.3 is 0 Å². The molecule has 190 valence electrons. The number of rotatable bonds is 8. The maximum atomic E-state index is 12.8. The molecule has 8 nitrogen and oxygen atoms in total. The number of nitrogens with one attached hydrogen (secondary N) is 3. The van der Waals surface area contributed by atoms with Crippen LogP contribution in [-0.4, -0.2) is 55.1 Å². The van der Waals surface area contributed by atoms with Gasteiger partial charge in [0.1, 0.15) is 5.82 Å². The molecule has 0 bridgehead atoms. The first-order valence-corrected chi connectivity index (χ1v) is 12.7. The van der Waals surface area contributed by atoms with Crippen LogP contribution in [0.5, 0.6) is 0 Å². The summed E-state index contributed by atoms with van der Waals surface area (Å²) in [5.74, 6) is 1.28. The van der Waals surface area contributed by atoms with Crippen molar-refractivity contribution in [3.05, 3.63) is 71.1 Å². The second-order valence-electron chi connectivity index (χ2n) is 9.97. The van der Waals surface area contributed by atoms with Crippen LogP contribution >= 0.6 is 0 Å². The minimum absolute atomic E-state index is 0.137. The third-order valence-electron chi connectivity index (χ3n) is 7.54. The molecule has 2 aromatic carbocycles. The molecule has 36 heavy (non-hydrogen) atoms. The van der Waals surface area contributed by atoms with Gasteiger partial charge in [-0.1, -0.05) is 24.3 Å². The van der Waals surface area contributed by atoms with E-state index in [0.717, 1.165) is 42.2 Å². The summed E-state index contributed by atoms with van der Waals surface area (Å²) in [6, 6.07) is 17.9. The molecule has 5 N–H and O–H groups in total. The van der Waals surface area contributed by atoms with Crippen molar-refractivity contribution in [2.24, 2.45) is 12.8 Å². The number of carbonyl (C=O) groups is 1. The number of nitrogens with two attached hydrogens (primary N) is 1. The second kappa shape index (κ2) is 10.1. The number of aromatic nitrogens is 1. The normalized spacial score (nSPS) is 15.9. The van der Waals surface area contributed by atoms with Gasteiger partial charge in [-0.3, -0.25) is 4.79 Å². The molecule has 8 heteroatoms. The van der Waals surface area contributed by atoms with Gasteiger partial charge in [0.2, 0.25) is 5.91 Å². The van der Waals surface area contributed by atoms with Crippen LogP contribution in [0.4, 0.5) is 11.5 Å². The molecule has 2 aliphatic rings. The van der Waals surface area contributed by atoms with E-state index in [4.69, 9.17) is 5.73 Å². The summed E-state index contributed by atoms with van der Waals surface area (Å²) < 4.78 is 2.23. The van der Waals surface area contributed by atoms with Gasteiger partial charge in [0, 0.05) is 81.1 Å². The van der Waals surface area contributed by atoms with Crippen LogP contribution in [0.1, 0.15) is 24.0 Å². The van der Waals surface area contributed by atoms with Gasteiger partial charge < -0.3 is 30.8 Å². The average Bonchev–Trinajstić information content (AvgIpc) is 3.43. The first-order chi connectivity index (χ1) is 17.4. The Bertz CT molecular complexity index is 1270. The molecule has 0 saturated carbocycles. The summed E-state index contributed by atoms with van der Waals surface area (Å²) in [5, 5.41) is 4.96. The fourth-order valence-electron chi connectivity index (χ4n) is 5.43. The van der Waals surface area contributed by atoms with Crippen molar-refractivity contribution in [3.63, 3.8) is 0 Å². The number of benzene rings is 2. The molecule has 0 spiro atoms. The highest BCUT2D eigenvalue weighted by Gasteiger charge is 2.23. The Balaban J connectivity index is 1.20. The zero-order chi connectivity index (χ0) is 25.2. The highest BCUT2D eigenvalue weighted by Crippen LogP contribution is 2.30. The zero-order valence-corrected chi connectivity index (χ0v) is 21.5. The Morgan fingerprint density at radius 2 is 1.89 bits per heavy atom. The Morgan fingerprint density at radius 1 is 1.14 bits per heavy atom. The standard InChI is InChI=1S/C28H37N7O/c1-30-32-25-10-13-35(18-24(25)29)28(36)11-12-33(2)23-8-9-26-21(16-23)17-27(34(26)3)31-22-14-19-6-4-5-7-20(19)15-22/h4-9,16-17,22,30-32H,10-15,18,29H2,1-3H3. The molecule has 5 rings (SSSR count). The number of fused-ring (bicyclic) bond motifs is 2. The number of nitrogens with zero attached hydrogens (tertiary/aromatic N) is 3. The molecule has 1 aliphatic carbocycles. The monoisotopic (exact) mass is 487 g/mol. The molecule has 0 atom stereocenters. The van der Waals surface area contributed by atoms with Crippen LogP contribution in [0, 0.1) is 0 Å². The molecule has 0 saturated heterocycles. The molecular formula is C28H37N7O.